The van der Waals surface area contributed by atoms with Crippen molar-refractivity contribution in [3.63, 3.8) is 0 Å². The highest BCUT2D eigenvalue weighted by Crippen LogP contribution is 2.21. The van der Waals surface area contributed by atoms with Crippen LogP contribution in [0.25, 0.3) is 0 Å². The van der Waals surface area contributed by atoms with Gasteiger partial charge in [-0.3, -0.25) is 9.69 Å². The van der Waals surface area contributed by atoms with Crippen molar-refractivity contribution in [2.45, 2.75) is 38.9 Å². The number of rotatable bonds is 3. The number of nitrogens with zero attached hydrogens (tertiary/aromatic N) is 4. The predicted molar refractivity (Wildman–Crippen MR) is 92.5 cm³/mol. The summed E-state index contributed by atoms with van der Waals surface area (Å²) in [4.78, 5) is 21.7. The molecular weight excluding hydrogens is 319 g/mol. The second-order valence-electron chi connectivity index (χ2n) is 6.90. The minimum Gasteiger partial charge on any atom is -0.333 e. The number of hydrogen-bond donors (Lipinski definition) is 0. The van der Waals surface area contributed by atoms with Crippen molar-refractivity contribution in [2.24, 2.45) is 0 Å². The number of benzene rings is 1. The van der Waals surface area contributed by atoms with E-state index in [1.165, 1.54) is 25.0 Å². The van der Waals surface area contributed by atoms with Gasteiger partial charge in [0.1, 0.15) is 5.82 Å². The van der Waals surface area contributed by atoms with E-state index in [-0.39, 0.29) is 11.7 Å². The molecule has 0 atom stereocenters. The molecule has 1 fully saturated rings. The van der Waals surface area contributed by atoms with Gasteiger partial charge in [0.05, 0.1) is 24.3 Å². The van der Waals surface area contributed by atoms with Crippen LogP contribution in [0.3, 0.4) is 0 Å². The molecule has 0 radical (unpaired) electrons. The summed E-state index contributed by atoms with van der Waals surface area (Å²) < 4.78 is 15.3. The van der Waals surface area contributed by atoms with E-state index >= 15 is 0 Å². The van der Waals surface area contributed by atoms with Crippen LogP contribution in [0.15, 0.2) is 30.6 Å². The molecule has 1 amide bonds. The molecule has 0 bridgehead atoms. The Balaban J connectivity index is 1.54. The van der Waals surface area contributed by atoms with Gasteiger partial charge < -0.3 is 9.47 Å². The van der Waals surface area contributed by atoms with Crippen molar-refractivity contribution in [1.82, 2.24) is 19.4 Å². The normalized spacial score (nSPS) is 18.2. The van der Waals surface area contributed by atoms with Crippen LogP contribution in [0, 0.1) is 5.82 Å². The SMILES string of the molecule is O=C(c1ccc(F)cc1)N1CCCn2cnc(CN3CCCC3)c2C1. The largest absolute Gasteiger partial charge is 0.333 e. The van der Waals surface area contributed by atoms with E-state index in [0.29, 0.717) is 18.7 Å². The molecular formula is C19H23FN4O. The van der Waals surface area contributed by atoms with Gasteiger partial charge in [-0.15, -0.1) is 0 Å². The van der Waals surface area contributed by atoms with Gasteiger partial charge in [0.15, 0.2) is 0 Å². The molecule has 1 aromatic heterocycles. The Morgan fingerprint density at radius 1 is 1.04 bits per heavy atom. The highest BCUT2D eigenvalue weighted by atomic mass is 19.1. The van der Waals surface area contributed by atoms with Crippen LogP contribution in [0.4, 0.5) is 4.39 Å². The van der Waals surface area contributed by atoms with Crippen molar-refractivity contribution in [2.75, 3.05) is 19.6 Å². The van der Waals surface area contributed by atoms with E-state index in [1.54, 1.807) is 12.1 Å². The van der Waals surface area contributed by atoms with E-state index in [0.717, 1.165) is 44.0 Å². The third kappa shape index (κ3) is 3.44. The molecule has 0 aliphatic carbocycles. The van der Waals surface area contributed by atoms with Gasteiger partial charge in [0, 0.05) is 25.2 Å². The molecule has 4 rings (SSSR count). The van der Waals surface area contributed by atoms with Gasteiger partial charge >= 0.3 is 0 Å². The van der Waals surface area contributed by atoms with Crippen LogP contribution >= 0.6 is 0 Å². The molecule has 3 heterocycles. The van der Waals surface area contributed by atoms with E-state index in [4.69, 9.17) is 0 Å². The zero-order valence-electron chi connectivity index (χ0n) is 14.3. The van der Waals surface area contributed by atoms with E-state index in [2.05, 4.69) is 14.5 Å². The number of halogens is 1. The average molecular weight is 342 g/mol. The molecule has 6 heteroatoms. The molecule has 1 saturated heterocycles. The molecule has 2 aliphatic heterocycles. The minimum atomic E-state index is -0.321. The lowest BCUT2D eigenvalue weighted by Gasteiger charge is -2.21. The van der Waals surface area contributed by atoms with Crippen LogP contribution < -0.4 is 0 Å². The molecule has 0 N–H and O–H groups in total. The zero-order valence-corrected chi connectivity index (χ0v) is 14.3. The zero-order chi connectivity index (χ0) is 17.2. The summed E-state index contributed by atoms with van der Waals surface area (Å²) in [5, 5.41) is 0. The Bertz CT molecular complexity index is 749. The summed E-state index contributed by atoms with van der Waals surface area (Å²) in [5.41, 5.74) is 2.76. The van der Waals surface area contributed by atoms with Crippen LogP contribution in [-0.2, 0) is 19.6 Å². The second kappa shape index (κ2) is 6.96. The number of fused-ring (bicyclic) bond motifs is 1. The number of likely N-dealkylation sites (tertiary alicyclic amines) is 1. The first-order chi connectivity index (χ1) is 12.2. The highest BCUT2D eigenvalue weighted by molar-refractivity contribution is 5.94. The third-order valence-electron chi connectivity index (χ3n) is 5.15. The van der Waals surface area contributed by atoms with Crippen LogP contribution in [0.1, 0.15) is 41.0 Å². The summed E-state index contributed by atoms with van der Waals surface area (Å²) in [6, 6.07) is 5.80. The fourth-order valence-corrected chi connectivity index (χ4v) is 3.75. The van der Waals surface area contributed by atoms with Crippen molar-refractivity contribution in [3.8, 4) is 0 Å². The van der Waals surface area contributed by atoms with Crippen LogP contribution in [0.5, 0.6) is 0 Å². The number of carbonyl (C=O) groups excluding carboxylic acids is 1. The number of imidazole rings is 1. The molecule has 0 saturated carbocycles. The molecule has 2 aromatic rings. The maximum absolute atomic E-state index is 13.1. The molecule has 25 heavy (non-hydrogen) atoms. The molecule has 2 aliphatic rings. The highest BCUT2D eigenvalue weighted by Gasteiger charge is 2.24. The topological polar surface area (TPSA) is 41.4 Å². The molecule has 132 valence electrons. The number of hydrogen-bond acceptors (Lipinski definition) is 3. The Morgan fingerprint density at radius 2 is 1.80 bits per heavy atom. The van der Waals surface area contributed by atoms with Gasteiger partial charge in [0.2, 0.25) is 0 Å². The van der Waals surface area contributed by atoms with Crippen molar-refractivity contribution in [1.29, 1.82) is 0 Å². The Kier molecular flexibility index (Phi) is 4.53. The summed E-state index contributed by atoms with van der Waals surface area (Å²) in [7, 11) is 0. The molecule has 0 unspecified atom stereocenters. The first-order valence-corrected chi connectivity index (χ1v) is 9.01. The Labute approximate surface area is 147 Å². The fourth-order valence-electron chi connectivity index (χ4n) is 3.75. The maximum Gasteiger partial charge on any atom is 0.254 e. The number of aryl methyl sites for hydroxylation is 1. The van der Waals surface area contributed by atoms with Crippen molar-refractivity contribution < 1.29 is 9.18 Å². The van der Waals surface area contributed by atoms with Gasteiger partial charge in [-0.05, 0) is 56.6 Å². The van der Waals surface area contributed by atoms with Crippen molar-refractivity contribution in [3.05, 3.63) is 53.4 Å². The lowest BCUT2D eigenvalue weighted by Crippen LogP contribution is -2.31. The number of aromatic nitrogens is 2. The Morgan fingerprint density at radius 3 is 2.56 bits per heavy atom. The molecule has 1 aromatic carbocycles. The van der Waals surface area contributed by atoms with E-state index in [1.807, 2.05) is 11.2 Å². The fraction of sp³-hybridized carbons (Fsp3) is 0.474. The van der Waals surface area contributed by atoms with Crippen LogP contribution in [0.2, 0.25) is 0 Å². The van der Waals surface area contributed by atoms with E-state index in [9.17, 15) is 9.18 Å². The summed E-state index contributed by atoms with van der Waals surface area (Å²) in [5.74, 6) is -0.361. The first kappa shape index (κ1) is 16.3. The predicted octanol–water partition coefficient (Wildman–Crippen LogP) is 2.66. The lowest BCUT2D eigenvalue weighted by molar-refractivity contribution is 0.0745. The van der Waals surface area contributed by atoms with Gasteiger partial charge in [-0.25, -0.2) is 9.37 Å². The molecule has 5 nitrogen and oxygen atoms in total. The quantitative estimate of drug-likeness (QED) is 0.861. The maximum atomic E-state index is 13.1. The van der Waals surface area contributed by atoms with Gasteiger partial charge in [-0.1, -0.05) is 0 Å². The summed E-state index contributed by atoms with van der Waals surface area (Å²) >= 11 is 0. The standard InChI is InChI=1S/C19H23FN4O/c20-16-6-4-15(5-7-16)19(25)23-10-3-11-24-14-21-17(18(24)13-23)12-22-8-1-2-9-22/h4-7,14H,1-3,8-13H2. The number of amides is 1. The van der Waals surface area contributed by atoms with Crippen LogP contribution in [-0.4, -0.2) is 44.9 Å². The first-order valence-electron chi connectivity index (χ1n) is 9.01. The van der Waals surface area contributed by atoms with Gasteiger partial charge in [0.25, 0.3) is 5.91 Å². The third-order valence-corrected chi connectivity index (χ3v) is 5.15. The van der Waals surface area contributed by atoms with Crippen molar-refractivity contribution >= 4 is 5.91 Å². The van der Waals surface area contributed by atoms with E-state index < -0.39 is 0 Å². The Hall–Kier alpha value is -2.21. The second-order valence-corrected chi connectivity index (χ2v) is 6.90. The monoisotopic (exact) mass is 342 g/mol. The lowest BCUT2D eigenvalue weighted by atomic mass is 10.2. The molecule has 0 spiro atoms. The smallest absolute Gasteiger partial charge is 0.254 e. The minimum absolute atomic E-state index is 0.0400. The summed E-state index contributed by atoms with van der Waals surface area (Å²) in [6.45, 7) is 5.28. The number of carbonyl (C=O) groups is 1. The average Bonchev–Trinajstić information content (AvgIpc) is 3.20. The summed E-state index contributed by atoms with van der Waals surface area (Å²) in [6.07, 6.45) is 5.32. The van der Waals surface area contributed by atoms with Gasteiger partial charge in [-0.2, -0.15) is 0 Å².